The van der Waals surface area contributed by atoms with Gasteiger partial charge in [0.2, 0.25) is 5.91 Å². The Morgan fingerprint density at radius 1 is 1.27 bits per heavy atom. The lowest BCUT2D eigenvalue weighted by molar-refractivity contribution is -0.127. The van der Waals surface area contributed by atoms with Crippen LogP contribution < -0.4 is 5.32 Å². The molecule has 2 aliphatic rings. The molecule has 3 aromatic heterocycles. The second kappa shape index (κ2) is 9.79. The molecular formula is C25H25ClF2N6O3. The van der Waals surface area contributed by atoms with Gasteiger partial charge in [-0.1, -0.05) is 11.6 Å². The van der Waals surface area contributed by atoms with E-state index in [0.29, 0.717) is 30.8 Å². The predicted molar refractivity (Wildman–Crippen MR) is 129 cm³/mol. The quantitative estimate of drug-likeness (QED) is 0.448. The zero-order valence-corrected chi connectivity index (χ0v) is 20.7. The van der Waals surface area contributed by atoms with E-state index in [0.717, 1.165) is 31.3 Å². The van der Waals surface area contributed by atoms with Crippen LogP contribution in [0.2, 0.25) is 5.02 Å². The molecule has 12 heteroatoms. The van der Waals surface area contributed by atoms with E-state index in [2.05, 4.69) is 25.5 Å². The number of aliphatic hydroxyl groups excluding tert-OH is 1. The summed E-state index contributed by atoms with van der Waals surface area (Å²) < 4.78 is 27.6. The van der Waals surface area contributed by atoms with Crippen molar-refractivity contribution < 1.29 is 23.5 Å². The van der Waals surface area contributed by atoms with Gasteiger partial charge in [0.25, 0.3) is 5.91 Å². The van der Waals surface area contributed by atoms with Gasteiger partial charge in [-0.3, -0.25) is 24.7 Å². The lowest BCUT2D eigenvalue weighted by Crippen LogP contribution is -2.50. The van der Waals surface area contributed by atoms with E-state index in [1.165, 1.54) is 19.1 Å². The van der Waals surface area contributed by atoms with Crippen molar-refractivity contribution >= 4 is 23.4 Å². The number of amides is 2. The Balaban J connectivity index is 1.25. The van der Waals surface area contributed by atoms with Gasteiger partial charge in [-0.15, -0.1) is 0 Å². The molecular weight excluding hydrogens is 506 g/mol. The van der Waals surface area contributed by atoms with Gasteiger partial charge in [0, 0.05) is 23.6 Å². The number of hydrogen-bond donors (Lipinski definition) is 3. The standard InChI is InChI=1S/C25H25ClF2N6O3/c1-13(35)19-7-16(18(28)11-30-19)20-8-21(33-32-20)24(37)34-5-2-14(9-25(34)3-4-25)23(36)31-12-22-17(26)6-15(27)10-29-22/h6-8,10-11,13-14,35H,2-5,9,12H2,1H3,(H,31,36)(H,32,33)/t13-,14?/m1/s1. The van der Waals surface area contributed by atoms with E-state index in [1.807, 2.05) is 0 Å². The highest BCUT2D eigenvalue weighted by Crippen LogP contribution is 2.50. The Morgan fingerprint density at radius 2 is 2.05 bits per heavy atom. The first-order valence-corrected chi connectivity index (χ1v) is 12.3. The Labute approximate surface area is 216 Å². The lowest BCUT2D eigenvalue weighted by Gasteiger charge is -2.39. The molecule has 3 N–H and O–H groups in total. The van der Waals surface area contributed by atoms with E-state index in [9.17, 15) is 23.5 Å². The topological polar surface area (TPSA) is 124 Å². The summed E-state index contributed by atoms with van der Waals surface area (Å²) >= 11 is 6.00. The number of rotatable bonds is 6. The fraction of sp³-hybridized carbons (Fsp3) is 0.400. The van der Waals surface area contributed by atoms with Gasteiger partial charge in [-0.25, -0.2) is 8.78 Å². The number of hydrogen-bond acceptors (Lipinski definition) is 6. The van der Waals surface area contributed by atoms with Gasteiger partial charge in [0.15, 0.2) is 5.82 Å². The van der Waals surface area contributed by atoms with E-state index in [1.54, 1.807) is 4.90 Å². The molecule has 2 atom stereocenters. The molecule has 5 rings (SSSR count). The molecule has 9 nitrogen and oxygen atoms in total. The van der Waals surface area contributed by atoms with E-state index in [4.69, 9.17) is 11.6 Å². The smallest absolute Gasteiger partial charge is 0.272 e. The number of H-pyrrole nitrogens is 1. The molecule has 0 aromatic carbocycles. The van der Waals surface area contributed by atoms with Crippen LogP contribution in [0.15, 0.2) is 30.6 Å². The van der Waals surface area contributed by atoms with Crippen LogP contribution >= 0.6 is 11.6 Å². The zero-order valence-electron chi connectivity index (χ0n) is 20.0. The third-order valence-electron chi connectivity index (χ3n) is 7.05. The normalized spacial score (nSPS) is 19.1. The third-order valence-corrected chi connectivity index (χ3v) is 7.37. The van der Waals surface area contributed by atoms with Gasteiger partial charge < -0.3 is 15.3 Å². The highest BCUT2D eigenvalue weighted by molar-refractivity contribution is 6.31. The maximum Gasteiger partial charge on any atom is 0.272 e. The Kier molecular flexibility index (Phi) is 6.67. The van der Waals surface area contributed by atoms with Crippen LogP contribution in [0.3, 0.4) is 0 Å². The van der Waals surface area contributed by atoms with Crippen molar-refractivity contribution in [1.29, 1.82) is 0 Å². The van der Waals surface area contributed by atoms with E-state index < -0.39 is 23.3 Å². The summed E-state index contributed by atoms with van der Waals surface area (Å²) in [5.74, 6) is -1.87. The number of carbonyl (C=O) groups is 2. The van der Waals surface area contributed by atoms with Crippen molar-refractivity contribution in [3.8, 4) is 11.3 Å². The summed E-state index contributed by atoms with van der Waals surface area (Å²) in [7, 11) is 0. The van der Waals surface area contributed by atoms with Crippen LogP contribution in [0.5, 0.6) is 0 Å². The second-order valence-electron chi connectivity index (χ2n) is 9.60. The molecule has 4 heterocycles. The first-order chi connectivity index (χ1) is 17.7. The number of aromatic amines is 1. The minimum Gasteiger partial charge on any atom is -0.387 e. The number of likely N-dealkylation sites (tertiary alicyclic amines) is 1. The van der Waals surface area contributed by atoms with Gasteiger partial charge in [-0.05, 0) is 50.8 Å². The Bertz CT molecular complexity index is 1360. The van der Waals surface area contributed by atoms with Crippen LogP contribution in [0, 0.1) is 17.6 Å². The molecule has 0 radical (unpaired) electrons. The number of halogens is 3. The number of aromatic nitrogens is 4. The average Bonchev–Trinajstić information content (AvgIpc) is 3.44. The highest BCUT2D eigenvalue weighted by Gasteiger charge is 2.54. The minimum atomic E-state index is -0.878. The zero-order chi connectivity index (χ0) is 26.3. The summed E-state index contributed by atoms with van der Waals surface area (Å²) in [4.78, 5) is 35.8. The molecule has 1 aliphatic carbocycles. The third kappa shape index (κ3) is 5.05. The monoisotopic (exact) mass is 530 g/mol. The van der Waals surface area contributed by atoms with Crippen molar-refractivity contribution in [2.75, 3.05) is 6.54 Å². The largest absolute Gasteiger partial charge is 0.387 e. The SMILES string of the molecule is C[C@@H](O)c1cc(-c2cc(C(=O)N3CCC(C(=O)NCc4ncc(F)cc4Cl)CC34CC4)[nH]n2)c(F)cn1. The van der Waals surface area contributed by atoms with Crippen molar-refractivity contribution in [2.45, 2.75) is 50.8 Å². The first-order valence-electron chi connectivity index (χ1n) is 12.0. The molecule has 37 heavy (non-hydrogen) atoms. The molecule has 194 valence electrons. The van der Waals surface area contributed by atoms with E-state index >= 15 is 0 Å². The number of nitrogens with zero attached hydrogens (tertiary/aromatic N) is 4. The molecule has 2 fully saturated rings. The minimum absolute atomic E-state index is 0.0867. The van der Waals surface area contributed by atoms with Crippen molar-refractivity contribution in [2.24, 2.45) is 5.92 Å². The summed E-state index contributed by atoms with van der Waals surface area (Å²) in [6, 6.07) is 4.04. The Hall–Kier alpha value is -3.44. The number of nitrogens with one attached hydrogen (secondary N) is 2. The van der Waals surface area contributed by atoms with Gasteiger partial charge in [0.05, 0.1) is 47.1 Å². The molecule has 1 unspecified atom stereocenters. The predicted octanol–water partition coefficient (Wildman–Crippen LogP) is 3.55. The first kappa shape index (κ1) is 25.2. The lowest BCUT2D eigenvalue weighted by atomic mass is 9.88. The van der Waals surface area contributed by atoms with Crippen molar-refractivity contribution in [3.05, 3.63) is 64.3 Å². The van der Waals surface area contributed by atoms with Crippen molar-refractivity contribution in [1.82, 2.24) is 30.4 Å². The van der Waals surface area contributed by atoms with Crippen molar-refractivity contribution in [3.63, 3.8) is 0 Å². The van der Waals surface area contributed by atoms with Crippen LogP contribution in [0.1, 0.15) is 60.6 Å². The number of aliphatic hydroxyl groups is 1. The fourth-order valence-corrected chi connectivity index (χ4v) is 5.05. The average molecular weight is 531 g/mol. The van der Waals surface area contributed by atoms with E-state index in [-0.39, 0.29) is 46.3 Å². The van der Waals surface area contributed by atoms with Gasteiger partial charge >= 0.3 is 0 Å². The molecule has 1 spiro atoms. The maximum absolute atomic E-state index is 14.4. The Morgan fingerprint density at radius 3 is 2.76 bits per heavy atom. The summed E-state index contributed by atoms with van der Waals surface area (Å²) in [6.07, 6.45) is 3.75. The molecule has 0 bridgehead atoms. The number of carbonyl (C=O) groups excluding carboxylic acids is 2. The highest BCUT2D eigenvalue weighted by atomic mass is 35.5. The maximum atomic E-state index is 14.4. The second-order valence-corrected chi connectivity index (χ2v) is 10.0. The summed E-state index contributed by atoms with van der Waals surface area (Å²) in [5.41, 5.74) is 0.853. The fourth-order valence-electron chi connectivity index (χ4n) is 4.83. The van der Waals surface area contributed by atoms with Crippen LogP contribution in [0.25, 0.3) is 11.3 Å². The van der Waals surface area contributed by atoms with Crippen LogP contribution in [0.4, 0.5) is 8.78 Å². The summed E-state index contributed by atoms with van der Waals surface area (Å²) in [6.45, 7) is 2.00. The van der Waals surface area contributed by atoms with Gasteiger partial charge in [-0.2, -0.15) is 5.10 Å². The molecule has 1 saturated heterocycles. The van der Waals surface area contributed by atoms with Crippen LogP contribution in [-0.4, -0.2) is 54.1 Å². The summed E-state index contributed by atoms with van der Waals surface area (Å²) in [5, 5.41) is 19.6. The van der Waals surface area contributed by atoms with Crippen LogP contribution in [-0.2, 0) is 11.3 Å². The molecule has 1 saturated carbocycles. The molecule has 1 aliphatic heterocycles. The number of piperidine rings is 1. The van der Waals surface area contributed by atoms with Gasteiger partial charge in [0.1, 0.15) is 11.5 Å². The molecule has 3 aromatic rings. The molecule has 2 amide bonds. The number of pyridine rings is 2.